The Kier molecular flexibility index (Phi) is 9.46. The van der Waals surface area contributed by atoms with Crippen molar-refractivity contribution < 1.29 is 14.9 Å². The van der Waals surface area contributed by atoms with E-state index in [4.69, 9.17) is 4.74 Å². The van der Waals surface area contributed by atoms with E-state index in [1.165, 1.54) is 11.9 Å². The fraction of sp³-hybridized carbons (Fsp3) is 0.379. The molecule has 2 atom stereocenters. The maximum absolute atomic E-state index is 11.8. The minimum Gasteiger partial charge on any atom is -0.502 e. The number of aromatic hydroxyl groups is 1. The zero-order valence-electron chi connectivity index (χ0n) is 21.1. The van der Waals surface area contributed by atoms with E-state index in [-0.39, 0.29) is 24.3 Å². The number of hydrogen-bond donors (Lipinski definition) is 4. The summed E-state index contributed by atoms with van der Waals surface area (Å²) in [4.78, 5) is 20.7. The Morgan fingerprint density at radius 1 is 1.08 bits per heavy atom. The summed E-state index contributed by atoms with van der Waals surface area (Å²) in [6.45, 7) is 6.93. The van der Waals surface area contributed by atoms with E-state index >= 15 is 0 Å². The summed E-state index contributed by atoms with van der Waals surface area (Å²) in [6, 6.07) is 16.3. The van der Waals surface area contributed by atoms with Crippen LogP contribution in [0.4, 0.5) is 0 Å². The Morgan fingerprint density at radius 2 is 1.73 bits per heavy atom. The molecule has 0 amide bonds. The minimum atomic E-state index is -0.555. The number of nitrogens with zero attached hydrogens (tertiary/aromatic N) is 2. The van der Waals surface area contributed by atoms with Crippen LogP contribution in [-0.4, -0.2) is 70.6 Å². The summed E-state index contributed by atoms with van der Waals surface area (Å²) in [5, 5.41) is 22.8. The normalized spacial score (nSPS) is 15.5. The van der Waals surface area contributed by atoms with Crippen molar-refractivity contribution in [3.05, 3.63) is 93.2 Å². The van der Waals surface area contributed by atoms with E-state index < -0.39 is 5.56 Å². The minimum absolute atomic E-state index is 0.0178. The average Bonchev–Trinajstić information content (AvgIpc) is 2.93. The Hall–Kier alpha value is -3.48. The van der Waals surface area contributed by atoms with E-state index in [1.54, 1.807) is 0 Å². The number of aliphatic hydroxyl groups is 1. The molecule has 2 heterocycles. The van der Waals surface area contributed by atoms with Gasteiger partial charge in [0.2, 0.25) is 5.75 Å². The molecule has 3 aromatic rings. The lowest BCUT2D eigenvalue weighted by Crippen LogP contribution is -2.35. The highest BCUT2D eigenvalue weighted by Gasteiger charge is 2.18. The maximum Gasteiger partial charge on any atom is 0.293 e. The van der Waals surface area contributed by atoms with Gasteiger partial charge in [0, 0.05) is 55.7 Å². The van der Waals surface area contributed by atoms with Crippen LogP contribution in [-0.2, 0) is 17.7 Å². The zero-order chi connectivity index (χ0) is 26.0. The Labute approximate surface area is 217 Å². The fourth-order valence-corrected chi connectivity index (χ4v) is 4.22. The SMILES string of the molecule is CC(CO)NCC(Cc1nc[nH]c(=O)c1O)c1ccc(C#Cc2ccc(CN3CCOCC3)cc2)cc1. The van der Waals surface area contributed by atoms with Crippen LogP contribution in [0.2, 0.25) is 0 Å². The highest BCUT2D eigenvalue weighted by atomic mass is 16.5. The van der Waals surface area contributed by atoms with Crippen molar-refractivity contribution in [1.29, 1.82) is 0 Å². The average molecular weight is 503 g/mol. The van der Waals surface area contributed by atoms with Gasteiger partial charge in [-0.1, -0.05) is 36.1 Å². The maximum atomic E-state index is 11.8. The molecule has 2 aromatic carbocycles. The molecular weight excluding hydrogens is 468 g/mol. The molecule has 0 spiro atoms. The van der Waals surface area contributed by atoms with E-state index in [0.29, 0.717) is 18.7 Å². The van der Waals surface area contributed by atoms with Gasteiger partial charge in [-0.2, -0.15) is 0 Å². The van der Waals surface area contributed by atoms with Crippen molar-refractivity contribution in [3.8, 4) is 17.6 Å². The zero-order valence-corrected chi connectivity index (χ0v) is 21.1. The first-order valence-electron chi connectivity index (χ1n) is 12.6. The Balaban J connectivity index is 1.43. The third-order valence-corrected chi connectivity index (χ3v) is 6.53. The highest BCUT2D eigenvalue weighted by molar-refractivity contribution is 5.44. The number of H-pyrrole nitrogens is 1. The summed E-state index contributed by atoms with van der Waals surface area (Å²) in [6.07, 6.45) is 1.68. The first-order valence-corrected chi connectivity index (χ1v) is 12.6. The first-order chi connectivity index (χ1) is 18.0. The van der Waals surface area contributed by atoms with Crippen molar-refractivity contribution in [2.45, 2.75) is 31.8 Å². The van der Waals surface area contributed by atoms with Crippen LogP contribution in [0, 0.1) is 11.8 Å². The van der Waals surface area contributed by atoms with Gasteiger partial charge in [0.05, 0.1) is 31.8 Å². The summed E-state index contributed by atoms with van der Waals surface area (Å²) >= 11 is 0. The lowest BCUT2D eigenvalue weighted by Gasteiger charge is -2.26. The number of nitrogens with one attached hydrogen (secondary N) is 2. The Bertz CT molecular complexity index is 1260. The topological polar surface area (TPSA) is 111 Å². The first kappa shape index (κ1) is 26.6. The second-order valence-corrected chi connectivity index (χ2v) is 9.38. The molecule has 1 aromatic heterocycles. The standard InChI is InChI=1S/C29H34N4O4/c1-21(19-34)30-17-26(16-27-28(35)29(36)32-20-31-27)25-10-8-23(9-11-25)3-2-22-4-6-24(7-5-22)18-33-12-14-37-15-13-33/h4-11,20-21,26,30,34-35H,12-19H2,1H3,(H,31,32,36). The number of rotatable bonds is 9. The van der Waals surface area contributed by atoms with Crippen molar-refractivity contribution in [1.82, 2.24) is 20.2 Å². The van der Waals surface area contributed by atoms with Crippen LogP contribution in [0.15, 0.2) is 59.7 Å². The molecule has 8 heteroatoms. The molecule has 2 unspecified atom stereocenters. The summed E-state index contributed by atoms with van der Waals surface area (Å²) in [7, 11) is 0. The molecule has 37 heavy (non-hydrogen) atoms. The molecule has 0 radical (unpaired) electrons. The molecule has 194 valence electrons. The van der Waals surface area contributed by atoms with Crippen LogP contribution in [0.5, 0.6) is 5.75 Å². The smallest absolute Gasteiger partial charge is 0.293 e. The van der Waals surface area contributed by atoms with Gasteiger partial charge in [-0.25, -0.2) is 4.98 Å². The number of benzene rings is 2. The number of morpholine rings is 1. The molecule has 1 saturated heterocycles. The van der Waals surface area contributed by atoms with Gasteiger partial charge >= 0.3 is 0 Å². The van der Waals surface area contributed by atoms with Gasteiger partial charge < -0.3 is 25.3 Å². The van der Waals surface area contributed by atoms with Gasteiger partial charge in [-0.15, -0.1) is 0 Å². The van der Waals surface area contributed by atoms with Gasteiger partial charge in [0.15, 0.2) is 0 Å². The lowest BCUT2D eigenvalue weighted by molar-refractivity contribution is 0.0342. The molecule has 1 aliphatic heterocycles. The quantitative estimate of drug-likeness (QED) is 0.331. The molecule has 4 rings (SSSR count). The van der Waals surface area contributed by atoms with E-state index in [9.17, 15) is 15.0 Å². The number of ether oxygens (including phenoxy) is 1. The van der Waals surface area contributed by atoms with Gasteiger partial charge in [-0.3, -0.25) is 9.69 Å². The number of aliphatic hydroxyl groups excluding tert-OH is 1. The second-order valence-electron chi connectivity index (χ2n) is 9.38. The van der Waals surface area contributed by atoms with Gasteiger partial charge in [0.1, 0.15) is 0 Å². The second kappa shape index (κ2) is 13.2. The molecule has 1 aliphatic rings. The van der Waals surface area contributed by atoms with E-state index in [2.05, 4.69) is 56.3 Å². The van der Waals surface area contributed by atoms with Gasteiger partial charge in [-0.05, 0) is 42.3 Å². The summed E-state index contributed by atoms with van der Waals surface area (Å²) in [5.74, 6) is 6.05. The molecule has 0 bridgehead atoms. The third-order valence-electron chi connectivity index (χ3n) is 6.53. The van der Waals surface area contributed by atoms with Crippen LogP contribution >= 0.6 is 0 Å². The monoisotopic (exact) mass is 502 g/mol. The third kappa shape index (κ3) is 7.75. The lowest BCUT2D eigenvalue weighted by atomic mass is 9.92. The van der Waals surface area contributed by atoms with Crippen molar-refractivity contribution in [2.75, 3.05) is 39.5 Å². The highest BCUT2D eigenvalue weighted by Crippen LogP contribution is 2.23. The molecule has 0 aliphatic carbocycles. The van der Waals surface area contributed by atoms with Crippen molar-refractivity contribution in [2.24, 2.45) is 0 Å². The Morgan fingerprint density at radius 3 is 2.38 bits per heavy atom. The van der Waals surface area contributed by atoms with Crippen LogP contribution in [0.25, 0.3) is 0 Å². The van der Waals surface area contributed by atoms with Crippen LogP contribution in [0.3, 0.4) is 0 Å². The molecular formula is C29H34N4O4. The van der Waals surface area contributed by atoms with Crippen LogP contribution < -0.4 is 10.9 Å². The molecule has 4 N–H and O–H groups in total. The predicted molar refractivity (Wildman–Crippen MR) is 142 cm³/mol. The predicted octanol–water partition coefficient (Wildman–Crippen LogP) is 2.00. The van der Waals surface area contributed by atoms with E-state index in [1.807, 2.05) is 31.2 Å². The van der Waals surface area contributed by atoms with Gasteiger partial charge in [0.25, 0.3) is 5.56 Å². The molecule has 0 saturated carbocycles. The molecule has 8 nitrogen and oxygen atoms in total. The number of aromatic nitrogens is 2. The molecule has 1 fully saturated rings. The fourth-order valence-electron chi connectivity index (χ4n) is 4.22. The number of aromatic amines is 1. The van der Waals surface area contributed by atoms with Crippen molar-refractivity contribution in [3.63, 3.8) is 0 Å². The summed E-state index contributed by atoms with van der Waals surface area (Å²) < 4.78 is 5.42. The largest absolute Gasteiger partial charge is 0.502 e. The van der Waals surface area contributed by atoms with E-state index in [0.717, 1.165) is 49.5 Å². The summed E-state index contributed by atoms with van der Waals surface area (Å²) in [5.41, 5.74) is 3.94. The van der Waals surface area contributed by atoms with Crippen LogP contribution in [0.1, 0.15) is 40.8 Å². The van der Waals surface area contributed by atoms with Crippen molar-refractivity contribution >= 4 is 0 Å². The number of hydrogen-bond acceptors (Lipinski definition) is 7.